The zero-order valence-corrected chi connectivity index (χ0v) is 20.5. The van der Waals surface area contributed by atoms with Crippen molar-refractivity contribution in [2.24, 2.45) is 0 Å². The summed E-state index contributed by atoms with van der Waals surface area (Å²) >= 11 is 12.7. The van der Waals surface area contributed by atoms with E-state index in [9.17, 15) is 18.3 Å². The lowest BCUT2D eigenvalue weighted by atomic mass is 9.90. The van der Waals surface area contributed by atoms with Gasteiger partial charge in [-0.1, -0.05) is 56.0 Å². The Kier molecular flexibility index (Phi) is 8.90. The van der Waals surface area contributed by atoms with E-state index >= 15 is 0 Å². The van der Waals surface area contributed by atoms with E-state index in [0.29, 0.717) is 32.6 Å². The molecule has 0 radical (unpaired) electrons. The van der Waals surface area contributed by atoms with Crippen molar-refractivity contribution in [2.45, 2.75) is 58.2 Å². The highest BCUT2D eigenvalue weighted by Gasteiger charge is 2.31. The van der Waals surface area contributed by atoms with Gasteiger partial charge >= 0.3 is 6.18 Å². The molecule has 180 valence electrons. The van der Waals surface area contributed by atoms with Crippen molar-refractivity contribution in [2.75, 3.05) is 19.7 Å². The number of fused-ring (bicyclic) bond motifs is 3. The molecule has 3 aromatic carbocycles. The van der Waals surface area contributed by atoms with Crippen molar-refractivity contribution in [3.05, 3.63) is 57.6 Å². The van der Waals surface area contributed by atoms with Crippen LogP contribution < -0.4 is 0 Å². The highest BCUT2D eigenvalue weighted by molar-refractivity contribution is 6.39. The molecule has 0 aromatic heterocycles. The molecule has 0 saturated carbocycles. The van der Waals surface area contributed by atoms with Crippen LogP contribution >= 0.6 is 23.2 Å². The molecule has 0 bridgehead atoms. The third kappa shape index (κ3) is 5.94. The molecular formula is C26H30Cl2F3NO. The molecule has 2 nitrogen and oxygen atoms in total. The van der Waals surface area contributed by atoms with Gasteiger partial charge in [0.25, 0.3) is 0 Å². The van der Waals surface area contributed by atoms with Crippen LogP contribution in [0.4, 0.5) is 13.2 Å². The minimum atomic E-state index is -4.46. The van der Waals surface area contributed by atoms with Crippen LogP contribution in [-0.4, -0.2) is 29.7 Å². The third-order valence-corrected chi connectivity index (χ3v) is 6.67. The highest BCUT2D eigenvalue weighted by atomic mass is 35.5. The minimum Gasteiger partial charge on any atom is -0.396 e. The summed E-state index contributed by atoms with van der Waals surface area (Å²) < 4.78 is 40.7. The molecule has 1 N–H and O–H groups in total. The summed E-state index contributed by atoms with van der Waals surface area (Å²) in [6.45, 7) is 5.96. The summed E-state index contributed by atoms with van der Waals surface area (Å²) in [5, 5.41) is 13.1. The molecule has 7 heteroatoms. The van der Waals surface area contributed by atoms with E-state index in [1.165, 1.54) is 6.07 Å². The second kappa shape index (κ2) is 11.3. The van der Waals surface area contributed by atoms with Gasteiger partial charge in [-0.25, -0.2) is 0 Å². The van der Waals surface area contributed by atoms with Crippen LogP contribution in [0.1, 0.15) is 63.1 Å². The van der Waals surface area contributed by atoms with Gasteiger partial charge in [-0.15, -0.1) is 0 Å². The molecule has 0 amide bonds. The number of nitrogens with zero attached hydrogens (tertiary/aromatic N) is 1. The Labute approximate surface area is 203 Å². The molecular weight excluding hydrogens is 470 g/mol. The Morgan fingerprint density at radius 2 is 1.52 bits per heavy atom. The second-order valence-corrected chi connectivity index (χ2v) is 9.32. The maximum Gasteiger partial charge on any atom is 0.416 e. The average molecular weight is 500 g/mol. The molecule has 0 fully saturated rings. The van der Waals surface area contributed by atoms with Gasteiger partial charge in [0.05, 0.1) is 5.56 Å². The van der Waals surface area contributed by atoms with Crippen molar-refractivity contribution < 1.29 is 18.3 Å². The smallest absolute Gasteiger partial charge is 0.396 e. The van der Waals surface area contributed by atoms with Gasteiger partial charge in [0, 0.05) is 28.1 Å². The van der Waals surface area contributed by atoms with Crippen LogP contribution in [0.25, 0.3) is 21.5 Å². The van der Waals surface area contributed by atoms with Crippen molar-refractivity contribution in [1.82, 2.24) is 4.90 Å². The lowest BCUT2D eigenvalue weighted by Crippen LogP contribution is -2.31. The number of rotatable bonds is 10. The van der Waals surface area contributed by atoms with E-state index in [2.05, 4.69) is 18.7 Å². The summed E-state index contributed by atoms with van der Waals surface area (Å²) in [5.41, 5.74) is 0.175. The first kappa shape index (κ1) is 26.1. The number of aliphatic hydroxyl groups excluding tert-OH is 1. The van der Waals surface area contributed by atoms with Crippen LogP contribution in [0.3, 0.4) is 0 Å². The predicted octanol–water partition coefficient (Wildman–Crippen LogP) is 8.64. The zero-order valence-electron chi connectivity index (χ0n) is 19.0. The molecule has 0 aliphatic heterocycles. The van der Waals surface area contributed by atoms with Crippen molar-refractivity contribution >= 4 is 44.7 Å². The van der Waals surface area contributed by atoms with Crippen molar-refractivity contribution in [1.29, 1.82) is 0 Å². The normalized spacial score (nSPS) is 13.4. The number of hydrogen-bond donors (Lipinski definition) is 1. The van der Waals surface area contributed by atoms with Crippen LogP contribution in [0.15, 0.2) is 36.4 Å². The number of benzene rings is 3. The van der Waals surface area contributed by atoms with Gasteiger partial charge < -0.3 is 5.11 Å². The maximum atomic E-state index is 13.6. The number of unbranched alkanes of at least 4 members (excludes halogenated alkanes) is 2. The van der Waals surface area contributed by atoms with Crippen LogP contribution in [0.2, 0.25) is 10.0 Å². The molecule has 3 aromatic rings. The van der Waals surface area contributed by atoms with Gasteiger partial charge in [-0.2, -0.15) is 13.2 Å². The number of hydrogen-bond acceptors (Lipinski definition) is 2. The van der Waals surface area contributed by atoms with Crippen molar-refractivity contribution in [3.8, 4) is 0 Å². The van der Waals surface area contributed by atoms with E-state index in [1.54, 1.807) is 18.2 Å². The number of aliphatic hydroxyl groups is 1. The number of alkyl halides is 3. The fraction of sp³-hybridized carbons (Fsp3) is 0.462. The maximum absolute atomic E-state index is 13.6. The lowest BCUT2D eigenvalue weighted by molar-refractivity contribution is -0.137. The Morgan fingerprint density at radius 1 is 0.879 bits per heavy atom. The van der Waals surface area contributed by atoms with Crippen LogP contribution in [0, 0.1) is 0 Å². The molecule has 1 unspecified atom stereocenters. The Bertz CT molecular complexity index is 1090. The van der Waals surface area contributed by atoms with Gasteiger partial charge in [0.15, 0.2) is 0 Å². The molecule has 33 heavy (non-hydrogen) atoms. The molecule has 0 spiro atoms. The second-order valence-electron chi connectivity index (χ2n) is 8.48. The SMILES string of the molecule is CCCCN(CCCC)C(CCO)c1cc2c(Cl)cc(Cl)cc2c2cc(C(F)(F)F)ccc12. The van der Waals surface area contributed by atoms with E-state index in [-0.39, 0.29) is 12.6 Å². The largest absolute Gasteiger partial charge is 0.416 e. The summed E-state index contributed by atoms with van der Waals surface area (Å²) in [5.74, 6) is 0. The van der Waals surface area contributed by atoms with E-state index in [0.717, 1.165) is 55.8 Å². The molecule has 3 rings (SSSR count). The first-order chi connectivity index (χ1) is 15.7. The third-order valence-electron chi connectivity index (χ3n) is 6.14. The van der Waals surface area contributed by atoms with Crippen LogP contribution in [0.5, 0.6) is 0 Å². The van der Waals surface area contributed by atoms with Crippen molar-refractivity contribution in [3.63, 3.8) is 0 Å². The molecule has 0 saturated heterocycles. The standard InChI is InChI=1S/C26H30Cl2F3NO/c1-3-5-10-32(11-6-4-2)25(9-12-33)23-16-22-21(14-18(27)15-24(22)28)20-13-17(26(29,30)31)7-8-19(20)23/h7-8,13-16,25,33H,3-6,9-12H2,1-2H3. The average Bonchev–Trinajstić information content (AvgIpc) is 2.77. The topological polar surface area (TPSA) is 23.5 Å². The lowest BCUT2D eigenvalue weighted by Gasteiger charge is -2.33. The van der Waals surface area contributed by atoms with Gasteiger partial charge in [0.1, 0.15) is 0 Å². The van der Waals surface area contributed by atoms with E-state index in [1.807, 2.05) is 6.07 Å². The highest BCUT2D eigenvalue weighted by Crippen LogP contribution is 2.41. The monoisotopic (exact) mass is 499 g/mol. The predicted molar refractivity (Wildman–Crippen MR) is 132 cm³/mol. The molecule has 0 aliphatic rings. The fourth-order valence-electron chi connectivity index (χ4n) is 4.46. The summed E-state index contributed by atoms with van der Waals surface area (Å²) in [4.78, 5) is 2.35. The summed E-state index contributed by atoms with van der Waals surface area (Å²) in [6.07, 6.45) is 0.105. The Morgan fingerprint density at radius 3 is 2.09 bits per heavy atom. The quantitative estimate of drug-likeness (QED) is 0.282. The molecule has 0 heterocycles. The summed E-state index contributed by atoms with van der Waals surface area (Å²) in [7, 11) is 0. The van der Waals surface area contributed by atoms with E-state index in [4.69, 9.17) is 23.2 Å². The van der Waals surface area contributed by atoms with Gasteiger partial charge in [0.2, 0.25) is 0 Å². The fourth-order valence-corrected chi connectivity index (χ4v) is 5.01. The first-order valence-corrected chi connectivity index (χ1v) is 12.2. The van der Waals surface area contributed by atoms with Gasteiger partial charge in [-0.3, -0.25) is 4.90 Å². The molecule has 0 aliphatic carbocycles. The van der Waals surface area contributed by atoms with Crippen LogP contribution in [-0.2, 0) is 6.18 Å². The zero-order chi connectivity index (χ0) is 24.2. The first-order valence-electron chi connectivity index (χ1n) is 11.5. The summed E-state index contributed by atoms with van der Waals surface area (Å²) in [6, 6.07) is 8.97. The number of halogens is 5. The van der Waals surface area contributed by atoms with E-state index < -0.39 is 11.7 Å². The minimum absolute atomic E-state index is 0.0199. The van der Waals surface area contributed by atoms with Gasteiger partial charge in [-0.05, 0) is 84.4 Å². The Hall–Kier alpha value is -1.53. The molecule has 1 atom stereocenters. The Balaban J connectivity index is 2.32.